The van der Waals surface area contributed by atoms with Crippen LogP contribution in [0.25, 0.3) is 0 Å². The van der Waals surface area contributed by atoms with Crippen LogP contribution in [0.4, 0.5) is 0 Å². The van der Waals surface area contributed by atoms with Gasteiger partial charge in [0.1, 0.15) is 7.66 Å². The molecule has 0 radical (unpaired) electrons. The Labute approximate surface area is 136 Å². The Hall–Kier alpha value is -0.560. The Balaban J connectivity index is 2.13. The van der Waals surface area contributed by atoms with E-state index in [9.17, 15) is 4.57 Å². The van der Waals surface area contributed by atoms with Crippen LogP contribution in [-0.2, 0) is 15.7 Å². The zero-order chi connectivity index (χ0) is 15.2. The van der Waals surface area contributed by atoms with Crippen molar-refractivity contribution in [3.8, 4) is 0 Å². The molecular formula is C11H12Cl2N3O3PS. The number of rotatable bonds is 7. The lowest BCUT2D eigenvalue weighted by molar-refractivity contribution is 0.0963. The molecule has 114 valence electrons. The molecule has 0 aliphatic carbocycles. The molecule has 2 aromatic rings. The summed E-state index contributed by atoms with van der Waals surface area (Å²) >= 11 is 13.0. The summed E-state index contributed by atoms with van der Waals surface area (Å²) in [5.74, 6) is 0.676. The van der Waals surface area contributed by atoms with E-state index in [0.717, 1.165) is 16.9 Å². The predicted octanol–water partition coefficient (Wildman–Crippen LogP) is 3.30. The summed E-state index contributed by atoms with van der Waals surface area (Å²) in [6.45, 7) is -0.0299. The van der Waals surface area contributed by atoms with Crippen molar-refractivity contribution in [2.24, 2.45) is 5.73 Å². The molecule has 0 aliphatic rings. The number of benzene rings is 1. The number of nitrogens with two attached hydrogens (primary N) is 1. The van der Waals surface area contributed by atoms with Crippen LogP contribution < -0.4 is 5.73 Å². The minimum Gasteiger partial charge on any atom is -0.342 e. The zero-order valence-electron chi connectivity index (χ0n) is 10.7. The first-order chi connectivity index (χ1) is 10.1. The Morgan fingerprint density at radius 2 is 2.29 bits per heavy atom. The van der Waals surface area contributed by atoms with E-state index in [1.807, 2.05) is 0 Å². The summed E-state index contributed by atoms with van der Waals surface area (Å²) in [4.78, 5) is 4.21. The molecule has 2 atom stereocenters. The Kier molecular flexibility index (Phi) is 6.54. The standard InChI is InChI=1S/C11H12Cl2N3O3PS/c12-7-2-1-6(8(13)4-7)3-9-15-10(19-16-9)11(18-5-14)21-20-17/h1-2,4,11H,3,5,14,20H2. The Morgan fingerprint density at radius 1 is 1.48 bits per heavy atom. The zero-order valence-corrected chi connectivity index (χ0v) is 14.1. The highest BCUT2D eigenvalue weighted by molar-refractivity contribution is 8.45. The third-order valence-electron chi connectivity index (χ3n) is 2.48. The van der Waals surface area contributed by atoms with E-state index in [-0.39, 0.29) is 12.6 Å². The van der Waals surface area contributed by atoms with Gasteiger partial charge >= 0.3 is 0 Å². The van der Waals surface area contributed by atoms with Crippen molar-refractivity contribution in [1.82, 2.24) is 10.1 Å². The lowest BCUT2D eigenvalue weighted by atomic mass is 10.1. The quantitative estimate of drug-likeness (QED) is 0.592. The smallest absolute Gasteiger partial charge is 0.266 e. The molecule has 1 aromatic carbocycles. The van der Waals surface area contributed by atoms with Gasteiger partial charge in [0.05, 0.1) is 6.73 Å². The van der Waals surface area contributed by atoms with Crippen LogP contribution in [0.2, 0.25) is 10.0 Å². The van der Waals surface area contributed by atoms with Crippen LogP contribution in [0.15, 0.2) is 22.7 Å². The first kappa shape index (κ1) is 16.8. The third-order valence-corrected chi connectivity index (χ3v) is 4.83. The van der Waals surface area contributed by atoms with Crippen LogP contribution in [0, 0.1) is 0 Å². The molecule has 0 aliphatic heterocycles. The van der Waals surface area contributed by atoms with E-state index in [1.54, 1.807) is 18.2 Å². The molecule has 0 fully saturated rings. The molecule has 1 aromatic heterocycles. The van der Waals surface area contributed by atoms with Crippen LogP contribution in [0.5, 0.6) is 0 Å². The van der Waals surface area contributed by atoms with Crippen molar-refractivity contribution in [3.63, 3.8) is 0 Å². The second-order valence-corrected chi connectivity index (χ2v) is 6.99. The first-order valence-corrected chi connectivity index (χ1v) is 9.39. The maximum atomic E-state index is 10.8. The van der Waals surface area contributed by atoms with Gasteiger partial charge in [-0.3, -0.25) is 0 Å². The molecule has 0 saturated heterocycles. The molecule has 2 N–H and O–H groups in total. The normalized spacial score (nSPS) is 13.1. The van der Waals surface area contributed by atoms with Crippen molar-refractivity contribution in [2.45, 2.75) is 11.9 Å². The lowest BCUT2D eigenvalue weighted by Gasteiger charge is -2.07. The number of ether oxygens (including phenoxy) is 1. The average molecular weight is 368 g/mol. The molecule has 1 heterocycles. The van der Waals surface area contributed by atoms with E-state index < -0.39 is 13.1 Å². The van der Waals surface area contributed by atoms with Gasteiger partial charge in [0.2, 0.25) is 0 Å². The van der Waals surface area contributed by atoms with Gasteiger partial charge in [-0.1, -0.05) is 45.8 Å². The molecule has 10 heteroatoms. The van der Waals surface area contributed by atoms with E-state index in [4.69, 9.17) is 38.2 Å². The Morgan fingerprint density at radius 3 is 2.95 bits per heavy atom. The SMILES string of the molecule is NCOC(S[PH2]=O)c1nc(Cc2ccc(Cl)cc2Cl)no1. The van der Waals surface area contributed by atoms with Gasteiger partial charge in [-0.2, -0.15) is 4.98 Å². The van der Waals surface area contributed by atoms with E-state index in [0.29, 0.717) is 22.3 Å². The van der Waals surface area contributed by atoms with Crippen molar-refractivity contribution >= 4 is 42.2 Å². The van der Waals surface area contributed by atoms with Crippen LogP contribution in [-0.4, -0.2) is 16.9 Å². The van der Waals surface area contributed by atoms with Gasteiger partial charge in [0.15, 0.2) is 11.3 Å². The van der Waals surface area contributed by atoms with Gasteiger partial charge in [-0.15, -0.1) is 0 Å². The van der Waals surface area contributed by atoms with Gasteiger partial charge in [-0.25, -0.2) is 0 Å². The summed E-state index contributed by atoms with van der Waals surface area (Å²) in [7, 11) is -1.08. The molecule has 21 heavy (non-hydrogen) atoms. The minimum absolute atomic E-state index is 0.0299. The van der Waals surface area contributed by atoms with Crippen LogP contribution in [0.3, 0.4) is 0 Å². The van der Waals surface area contributed by atoms with Gasteiger partial charge in [-0.05, 0) is 17.7 Å². The number of hydrogen-bond donors (Lipinski definition) is 1. The summed E-state index contributed by atoms with van der Waals surface area (Å²) in [5.41, 5.74) is 5.52. The fourth-order valence-electron chi connectivity index (χ4n) is 1.58. The Bertz CT molecular complexity index is 629. The molecule has 0 bridgehead atoms. The molecule has 0 saturated carbocycles. The van der Waals surface area contributed by atoms with Crippen molar-refractivity contribution in [1.29, 1.82) is 0 Å². The summed E-state index contributed by atoms with van der Waals surface area (Å²) < 4.78 is 21.1. The van der Waals surface area contributed by atoms with Crippen molar-refractivity contribution < 1.29 is 13.8 Å². The maximum absolute atomic E-state index is 10.8. The minimum atomic E-state index is -1.08. The molecule has 2 unspecified atom stereocenters. The number of halogens is 2. The fourth-order valence-corrected chi connectivity index (χ4v) is 3.41. The topological polar surface area (TPSA) is 91.2 Å². The average Bonchev–Trinajstić information content (AvgIpc) is 2.90. The second-order valence-electron chi connectivity index (χ2n) is 3.86. The predicted molar refractivity (Wildman–Crippen MR) is 84.4 cm³/mol. The van der Waals surface area contributed by atoms with E-state index in [2.05, 4.69) is 10.1 Å². The highest BCUT2D eigenvalue weighted by Gasteiger charge is 2.20. The molecule has 6 nitrogen and oxygen atoms in total. The third kappa shape index (κ3) is 4.71. The number of nitrogens with zero attached hydrogens (tertiary/aromatic N) is 2. The largest absolute Gasteiger partial charge is 0.342 e. The van der Waals surface area contributed by atoms with E-state index in [1.165, 1.54) is 0 Å². The number of aromatic nitrogens is 2. The molecule has 0 spiro atoms. The van der Waals surface area contributed by atoms with Crippen molar-refractivity contribution in [2.75, 3.05) is 6.73 Å². The molecule has 0 amide bonds. The number of hydrogen-bond acceptors (Lipinski definition) is 7. The lowest BCUT2D eigenvalue weighted by Crippen LogP contribution is -2.08. The first-order valence-electron chi connectivity index (χ1n) is 5.81. The van der Waals surface area contributed by atoms with Gasteiger partial charge in [0.25, 0.3) is 5.89 Å². The monoisotopic (exact) mass is 367 g/mol. The van der Waals surface area contributed by atoms with Gasteiger partial charge < -0.3 is 19.6 Å². The summed E-state index contributed by atoms with van der Waals surface area (Å²) in [5, 5.41) is 4.94. The molecule has 2 rings (SSSR count). The molecular weight excluding hydrogens is 356 g/mol. The highest BCUT2D eigenvalue weighted by atomic mass is 35.5. The highest BCUT2D eigenvalue weighted by Crippen LogP contribution is 2.36. The van der Waals surface area contributed by atoms with Gasteiger partial charge in [0, 0.05) is 16.5 Å². The van der Waals surface area contributed by atoms with Crippen LogP contribution >= 0.6 is 42.2 Å². The fraction of sp³-hybridized carbons (Fsp3) is 0.273. The van der Waals surface area contributed by atoms with Crippen molar-refractivity contribution in [3.05, 3.63) is 45.5 Å². The second kappa shape index (κ2) is 8.17. The van der Waals surface area contributed by atoms with E-state index >= 15 is 0 Å². The summed E-state index contributed by atoms with van der Waals surface area (Å²) in [6.07, 6.45) is 0.393. The van der Waals surface area contributed by atoms with Crippen LogP contribution in [0.1, 0.15) is 22.7 Å². The summed E-state index contributed by atoms with van der Waals surface area (Å²) in [6, 6.07) is 5.18. The maximum Gasteiger partial charge on any atom is 0.266 e.